The Bertz CT molecular complexity index is 1040. The summed E-state index contributed by atoms with van der Waals surface area (Å²) in [7, 11) is 0. The van der Waals surface area contributed by atoms with Gasteiger partial charge in [0, 0.05) is 16.3 Å². The van der Waals surface area contributed by atoms with Crippen LogP contribution in [0.15, 0.2) is 65.3 Å². The number of benzene rings is 2. The largest absolute Gasteiger partial charge is 0.467 e. The quantitative estimate of drug-likeness (QED) is 0.496. The Morgan fingerprint density at radius 2 is 1.76 bits per heavy atom. The molecule has 0 saturated heterocycles. The van der Waals surface area contributed by atoms with E-state index in [9.17, 15) is 9.59 Å². The van der Waals surface area contributed by atoms with Crippen LogP contribution in [0, 0.1) is 0 Å². The maximum absolute atomic E-state index is 12.3. The van der Waals surface area contributed by atoms with Gasteiger partial charge in [0.1, 0.15) is 5.76 Å². The lowest BCUT2D eigenvalue weighted by Gasteiger charge is -2.11. The maximum Gasteiger partial charge on any atom is 0.258 e. The molecule has 0 fully saturated rings. The minimum absolute atomic E-state index is 0.0936. The Morgan fingerprint density at radius 3 is 2.41 bits per heavy atom. The lowest BCUT2D eigenvalue weighted by molar-refractivity contribution is 0.0946. The van der Waals surface area contributed by atoms with Gasteiger partial charge in [-0.1, -0.05) is 23.2 Å². The van der Waals surface area contributed by atoms with Gasteiger partial charge < -0.3 is 15.1 Å². The normalized spacial score (nSPS) is 10.3. The summed E-state index contributed by atoms with van der Waals surface area (Å²) in [5.41, 5.74) is 1.34. The van der Waals surface area contributed by atoms with E-state index in [2.05, 4.69) is 16.0 Å². The van der Waals surface area contributed by atoms with Crippen LogP contribution in [0.1, 0.15) is 26.5 Å². The molecule has 2 amide bonds. The van der Waals surface area contributed by atoms with E-state index in [1.165, 1.54) is 12.1 Å². The number of anilines is 1. The summed E-state index contributed by atoms with van der Waals surface area (Å²) in [6.07, 6.45) is 1.55. The van der Waals surface area contributed by atoms with Crippen LogP contribution in [-0.2, 0) is 6.54 Å². The molecule has 3 N–H and O–H groups in total. The highest BCUT2D eigenvalue weighted by Gasteiger charge is 2.13. The molecule has 0 aliphatic rings. The van der Waals surface area contributed by atoms with Crippen molar-refractivity contribution >= 4 is 58.0 Å². The summed E-state index contributed by atoms with van der Waals surface area (Å²) in [5, 5.41) is 8.93. The van der Waals surface area contributed by atoms with Gasteiger partial charge in [0.2, 0.25) is 0 Å². The van der Waals surface area contributed by atoms with Gasteiger partial charge in [-0.05, 0) is 66.8 Å². The van der Waals surface area contributed by atoms with E-state index >= 15 is 0 Å². The number of rotatable bonds is 5. The first-order chi connectivity index (χ1) is 13.9. The van der Waals surface area contributed by atoms with Crippen LogP contribution in [0.2, 0.25) is 10.0 Å². The molecule has 0 saturated carbocycles. The van der Waals surface area contributed by atoms with Gasteiger partial charge in [0.25, 0.3) is 11.8 Å². The molecule has 3 rings (SSSR count). The van der Waals surface area contributed by atoms with Gasteiger partial charge >= 0.3 is 0 Å². The smallest absolute Gasteiger partial charge is 0.258 e. The molecule has 3 aromatic rings. The van der Waals surface area contributed by atoms with Crippen LogP contribution in [-0.4, -0.2) is 16.9 Å². The Hall–Kier alpha value is -2.87. The minimum atomic E-state index is -0.460. The SMILES string of the molecule is O=C(NCc1ccco1)c1ccc(NC(=S)NC(=O)c2ccc(Cl)cc2Cl)cc1. The van der Waals surface area contributed by atoms with Crippen LogP contribution in [0.4, 0.5) is 5.69 Å². The fourth-order valence-corrected chi connectivity index (χ4v) is 3.10. The predicted octanol–water partition coefficient (Wildman–Crippen LogP) is 4.64. The fraction of sp³-hybridized carbons (Fsp3) is 0.0500. The first-order valence-corrected chi connectivity index (χ1v) is 9.57. The van der Waals surface area contributed by atoms with Crippen molar-refractivity contribution < 1.29 is 14.0 Å². The standard InChI is InChI=1S/C20H15Cl2N3O3S/c21-13-5-8-16(17(22)10-13)19(27)25-20(29)24-14-6-3-12(4-7-14)18(26)23-11-15-2-1-9-28-15/h1-10H,11H2,(H,23,26)(H2,24,25,27,29). The zero-order chi connectivity index (χ0) is 20.8. The molecule has 2 aromatic carbocycles. The molecule has 29 heavy (non-hydrogen) atoms. The summed E-state index contributed by atoms with van der Waals surface area (Å²) in [6, 6.07) is 14.7. The topological polar surface area (TPSA) is 83.4 Å². The van der Waals surface area contributed by atoms with Crippen LogP contribution in [0.25, 0.3) is 0 Å². The molecule has 1 heterocycles. The number of hydrogen-bond acceptors (Lipinski definition) is 4. The number of carbonyl (C=O) groups excluding carboxylic acids is 2. The Labute approximate surface area is 182 Å². The average molecular weight is 448 g/mol. The van der Waals surface area contributed by atoms with Crippen molar-refractivity contribution in [2.24, 2.45) is 0 Å². The molecule has 0 spiro atoms. The summed E-state index contributed by atoms with van der Waals surface area (Å²) in [6.45, 7) is 0.301. The number of thiocarbonyl (C=S) groups is 1. The summed E-state index contributed by atoms with van der Waals surface area (Å²) >= 11 is 17.0. The number of nitrogens with one attached hydrogen (secondary N) is 3. The van der Waals surface area contributed by atoms with E-state index in [1.807, 2.05) is 0 Å². The summed E-state index contributed by atoms with van der Waals surface area (Å²) in [4.78, 5) is 24.4. The Kier molecular flexibility index (Phi) is 6.87. The fourth-order valence-electron chi connectivity index (χ4n) is 2.39. The van der Waals surface area contributed by atoms with Crippen molar-refractivity contribution in [2.75, 3.05) is 5.32 Å². The minimum Gasteiger partial charge on any atom is -0.467 e. The second-order valence-corrected chi connectivity index (χ2v) is 7.12. The number of carbonyl (C=O) groups is 2. The van der Waals surface area contributed by atoms with Gasteiger partial charge in [-0.3, -0.25) is 14.9 Å². The van der Waals surface area contributed by atoms with E-state index in [0.29, 0.717) is 28.6 Å². The molecule has 0 unspecified atom stereocenters. The molecule has 0 aliphatic heterocycles. The zero-order valence-electron chi connectivity index (χ0n) is 14.9. The molecule has 1 aromatic heterocycles. The Balaban J connectivity index is 1.54. The number of halogens is 2. The van der Waals surface area contributed by atoms with Crippen LogP contribution < -0.4 is 16.0 Å². The van der Waals surface area contributed by atoms with Gasteiger partial charge in [0.15, 0.2) is 5.11 Å². The predicted molar refractivity (Wildman–Crippen MR) is 116 cm³/mol. The van der Waals surface area contributed by atoms with Crippen molar-refractivity contribution in [3.05, 3.63) is 87.8 Å². The van der Waals surface area contributed by atoms with E-state index in [4.69, 9.17) is 39.8 Å². The number of hydrogen-bond donors (Lipinski definition) is 3. The molecule has 0 atom stereocenters. The molecular formula is C20H15Cl2N3O3S. The van der Waals surface area contributed by atoms with Crippen LogP contribution >= 0.6 is 35.4 Å². The second kappa shape index (κ2) is 9.56. The molecule has 0 bridgehead atoms. The zero-order valence-corrected chi connectivity index (χ0v) is 17.2. The monoisotopic (exact) mass is 447 g/mol. The third-order valence-electron chi connectivity index (χ3n) is 3.81. The van der Waals surface area contributed by atoms with Crippen molar-refractivity contribution in [1.29, 1.82) is 0 Å². The molecule has 9 heteroatoms. The van der Waals surface area contributed by atoms with E-state index in [-0.39, 0.29) is 21.6 Å². The molecule has 148 valence electrons. The van der Waals surface area contributed by atoms with E-state index in [1.54, 1.807) is 48.7 Å². The third-order valence-corrected chi connectivity index (χ3v) is 4.56. The van der Waals surface area contributed by atoms with Crippen molar-refractivity contribution in [3.63, 3.8) is 0 Å². The highest BCUT2D eigenvalue weighted by atomic mass is 35.5. The number of amides is 2. The van der Waals surface area contributed by atoms with Crippen molar-refractivity contribution in [3.8, 4) is 0 Å². The van der Waals surface area contributed by atoms with Gasteiger partial charge in [0.05, 0.1) is 23.4 Å². The lowest BCUT2D eigenvalue weighted by Crippen LogP contribution is -2.34. The molecule has 0 radical (unpaired) electrons. The van der Waals surface area contributed by atoms with Gasteiger partial charge in [-0.2, -0.15) is 0 Å². The van der Waals surface area contributed by atoms with Crippen molar-refractivity contribution in [1.82, 2.24) is 10.6 Å². The first kappa shape index (κ1) is 20.9. The summed E-state index contributed by atoms with van der Waals surface area (Å²) in [5.74, 6) is -0.0298. The first-order valence-electron chi connectivity index (χ1n) is 8.40. The molecule has 6 nitrogen and oxygen atoms in total. The lowest BCUT2D eigenvalue weighted by atomic mass is 10.2. The number of furan rings is 1. The highest BCUT2D eigenvalue weighted by Crippen LogP contribution is 2.21. The highest BCUT2D eigenvalue weighted by molar-refractivity contribution is 7.80. The van der Waals surface area contributed by atoms with Crippen molar-refractivity contribution in [2.45, 2.75) is 6.54 Å². The van der Waals surface area contributed by atoms with Crippen LogP contribution in [0.5, 0.6) is 0 Å². The third kappa shape index (κ3) is 5.80. The van der Waals surface area contributed by atoms with E-state index in [0.717, 1.165) is 0 Å². The average Bonchev–Trinajstić information content (AvgIpc) is 3.20. The van der Waals surface area contributed by atoms with Gasteiger partial charge in [-0.25, -0.2) is 0 Å². The van der Waals surface area contributed by atoms with Gasteiger partial charge in [-0.15, -0.1) is 0 Å². The summed E-state index contributed by atoms with van der Waals surface area (Å²) < 4.78 is 5.17. The second-order valence-electron chi connectivity index (χ2n) is 5.87. The van der Waals surface area contributed by atoms with E-state index < -0.39 is 5.91 Å². The molecule has 0 aliphatic carbocycles. The molecular weight excluding hydrogens is 433 g/mol. The Morgan fingerprint density at radius 1 is 1.00 bits per heavy atom. The maximum atomic E-state index is 12.3. The van der Waals surface area contributed by atoms with Crippen LogP contribution in [0.3, 0.4) is 0 Å².